The fourth-order valence-corrected chi connectivity index (χ4v) is 2.62. The molecule has 4 N–H and O–H groups in total. The number of nitrogens with zero attached hydrogens (tertiary/aromatic N) is 4. The highest BCUT2D eigenvalue weighted by molar-refractivity contribution is 5.84. The number of nitrogens with two attached hydrogens (primary N) is 1. The lowest BCUT2D eigenvalue weighted by molar-refractivity contribution is 0.244. The van der Waals surface area contributed by atoms with Crippen LogP contribution in [0.1, 0.15) is 30.7 Å². The Balaban J connectivity index is 1.70. The topological polar surface area (TPSA) is 102 Å². The van der Waals surface area contributed by atoms with Gasteiger partial charge < -0.3 is 20.7 Å². The Bertz CT molecular complexity index is 852. The van der Waals surface area contributed by atoms with E-state index >= 15 is 0 Å². The second-order valence-corrected chi connectivity index (χ2v) is 5.25. The molecule has 7 nitrogen and oxygen atoms in total. The van der Waals surface area contributed by atoms with Crippen molar-refractivity contribution in [2.24, 2.45) is 5.92 Å². The molecule has 4 rings (SSSR count). The van der Waals surface area contributed by atoms with Gasteiger partial charge in [-0.3, -0.25) is 0 Å². The Morgan fingerprint density at radius 2 is 2.29 bits per heavy atom. The van der Waals surface area contributed by atoms with Crippen molar-refractivity contribution in [3.05, 3.63) is 18.5 Å². The molecule has 21 heavy (non-hydrogen) atoms. The molecule has 0 radical (unpaired) electrons. The van der Waals surface area contributed by atoms with Gasteiger partial charge in [0.25, 0.3) is 0 Å². The van der Waals surface area contributed by atoms with Crippen molar-refractivity contribution in [3.63, 3.8) is 0 Å². The van der Waals surface area contributed by atoms with Crippen LogP contribution in [0.3, 0.4) is 0 Å². The third-order valence-electron chi connectivity index (χ3n) is 3.75. The fraction of sp³-hybridized carbons (Fsp3) is 0.500. The predicted octanol–water partition coefficient (Wildman–Crippen LogP) is 1.09. The van der Waals surface area contributed by atoms with E-state index in [4.69, 9.17) is 11.2 Å². The van der Waals surface area contributed by atoms with Gasteiger partial charge in [-0.2, -0.15) is 9.97 Å². The van der Waals surface area contributed by atoms with Crippen LogP contribution in [0.15, 0.2) is 18.5 Å². The smallest absolute Gasteiger partial charge is 0.224 e. The quantitative estimate of drug-likeness (QED) is 0.729. The normalized spacial score (nSPS) is 32.4. The van der Waals surface area contributed by atoms with Crippen molar-refractivity contribution in [1.29, 1.82) is 0 Å². The first-order chi connectivity index (χ1) is 11.8. The number of aromatic nitrogens is 4. The minimum Gasteiger partial charge on any atom is -0.396 e. The van der Waals surface area contributed by atoms with Crippen LogP contribution in [0.2, 0.25) is 0 Å². The monoisotopic (exact) mass is 290 g/mol. The maximum atomic E-state index is 9.28. The lowest BCUT2D eigenvalue weighted by atomic mass is 10.1. The fourth-order valence-electron chi connectivity index (χ4n) is 2.62. The zero-order chi connectivity index (χ0) is 18.0. The van der Waals surface area contributed by atoms with E-state index in [0.29, 0.717) is 11.2 Å². The van der Waals surface area contributed by atoms with Crippen molar-refractivity contribution < 1.29 is 10.6 Å². The van der Waals surface area contributed by atoms with Gasteiger partial charge in [0.05, 0.1) is 12.4 Å². The molecular formula is C14H18N6O. The zero-order valence-electron chi connectivity index (χ0n) is 15.2. The van der Waals surface area contributed by atoms with Gasteiger partial charge in [0.2, 0.25) is 5.95 Å². The van der Waals surface area contributed by atoms with E-state index in [2.05, 4.69) is 20.3 Å². The number of nitrogen functional groups attached to an aromatic ring is 1. The molecule has 0 aromatic carbocycles. The minimum absolute atomic E-state index is 0.000734. The molecule has 2 aromatic rings. The summed E-state index contributed by atoms with van der Waals surface area (Å²) in [6, 6.07) is -1.03. The summed E-state index contributed by atoms with van der Waals surface area (Å²) in [6.45, 7) is 0.0788. The lowest BCUT2D eigenvalue weighted by Gasteiger charge is -2.13. The van der Waals surface area contributed by atoms with E-state index in [1.807, 2.05) is 16.7 Å². The molecule has 0 spiro atoms. The summed E-state index contributed by atoms with van der Waals surface area (Å²) >= 11 is 0. The van der Waals surface area contributed by atoms with Crippen molar-refractivity contribution in [1.82, 2.24) is 19.5 Å². The largest absolute Gasteiger partial charge is 0.396 e. The molecule has 1 saturated carbocycles. The van der Waals surface area contributed by atoms with Gasteiger partial charge in [-0.25, -0.2) is 4.98 Å². The SMILES string of the molecule is [2H]C1([2H])C(Nc2nc(N)nc3c2ncn3C2C=CC(CO)C2)C1([2H])[2H]. The van der Waals surface area contributed by atoms with Crippen LogP contribution >= 0.6 is 0 Å². The predicted molar refractivity (Wildman–Crippen MR) is 79.7 cm³/mol. The third-order valence-corrected chi connectivity index (χ3v) is 3.75. The van der Waals surface area contributed by atoms with Crippen LogP contribution < -0.4 is 11.1 Å². The molecule has 110 valence electrons. The van der Waals surface area contributed by atoms with E-state index in [-0.39, 0.29) is 30.3 Å². The summed E-state index contributed by atoms with van der Waals surface area (Å²) in [5.74, 6) is 0.307. The molecule has 7 heteroatoms. The average Bonchev–Trinajstić information content (AvgIpc) is 3.03. The van der Waals surface area contributed by atoms with Crippen LogP contribution in [-0.2, 0) is 0 Å². The number of rotatable bonds is 4. The molecule has 0 bridgehead atoms. The Morgan fingerprint density at radius 1 is 1.43 bits per heavy atom. The van der Waals surface area contributed by atoms with Gasteiger partial charge in [0, 0.05) is 24.0 Å². The second-order valence-electron chi connectivity index (χ2n) is 5.25. The van der Waals surface area contributed by atoms with E-state index < -0.39 is 18.8 Å². The third kappa shape index (κ3) is 2.23. The van der Waals surface area contributed by atoms with Crippen molar-refractivity contribution in [3.8, 4) is 0 Å². The molecular weight excluding hydrogens is 268 g/mol. The van der Waals surface area contributed by atoms with Gasteiger partial charge in [0.1, 0.15) is 0 Å². The first-order valence-corrected chi connectivity index (χ1v) is 6.81. The number of allylic oxidation sites excluding steroid dienone is 1. The van der Waals surface area contributed by atoms with Gasteiger partial charge in [-0.05, 0) is 19.2 Å². The molecule has 2 heterocycles. The summed E-state index contributed by atoms with van der Waals surface area (Å²) in [5.41, 5.74) is 6.69. The van der Waals surface area contributed by atoms with Crippen molar-refractivity contribution >= 4 is 22.9 Å². The number of anilines is 2. The number of imidazole rings is 1. The molecule has 1 fully saturated rings. The molecule has 2 unspecified atom stereocenters. The van der Waals surface area contributed by atoms with Crippen LogP contribution in [0.5, 0.6) is 0 Å². The van der Waals surface area contributed by atoms with Crippen molar-refractivity contribution in [2.75, 3.05) is 17.7 Å². The van der Waals surface area contributed by atoms with E-state index in [0.717, 1.165) is 6.42 Å². The Hall–Kier alpha value is -2.15. The summed E-state index contributed by atoms with van der Waals surface area (Å²) < 4.78 is 32.6. The Labute approximate surface area is 127 Å². The number of hydrogen-bond acceptors (Lipinski definition) is 6. The Kier molecular flexibility index (Phi) is 2.01. The van der Waals surface area contributed by atoms with E-state index in [1.165, 1.54) is 0 Å². The van der Waals surface area contributed by atoms with Gasteiger partial charge >= 0.3 is 0 Å². The average molecular weight is 290 g/mol. The first-order valence-electron chi connectivity index (χ1n) is 8.81. The van der Waals surface area contributed by atoms with Crippen LogP contribution in [-0.4, -0.2) is 37.3 Å². The van der Waals surface area contributed by atoms with Gasteiger partial charge in [0.15, 0.2) is 17.0 Å². The number of aliphatic hydroxyl groups excluding tert-OH is 1. The van der Waals surface area contributed by atoms with Crippen LogP contribution in [0.4, 0.5) is 11.8 Å². The van der Waals surface area contributed by atoms with Gasteiger partial charge in [-0.1, -0.05) is 12.2 Å². The number of nitrogens with one attached hydrogen (secondary N) is 1. The summed E-state index contributed by atoms with van der Waals surface area (Å²) in [4.78, 5) is 12.6. The maximum absolute atomic E-state index is 9.28. The molecule has 2 aromatic heterocycles. The highest BCUT2D eigenvalue weighted by atomic mass is 16.3. The Morgan fingerprint density at radius 3 is 3.00 bits per heavy atom. The first kappa shape index (κ1) is 8.99. The zero-order valence-corrected chi connectivity index (χ0v) is 11.2. The highest BCUT2D eigenvalue weighted by Crippen LogP contribution is 2.32. The van der Waals surface area contributed by atoms with E-state index in [1.54, 1.807) is 6.33 Å². The second kappa shape index (κ2) is 4.70. The molecule has 2 aliphatic rings. The molecule has 0 saturated heterocycles. The maximum Gasteiger partial charge on any atom is 0.224 e. The molecule has 0 aliphatic heterocycles. The molecule has 2 atom stereocenters. The molecule has 0 amide bonds. The lowest BCUT2D eigenvalue weighted by Crippen LogP contribution is -2.10. The highest BCUT2D eigenvalue weighted by Gasteiger charge is 2.26. The summed E-state index contributed by atoms with van der Waals surface area (Å²) in [7, 11) is 0. The van der Waals surface area contributed by atoms with Gasteiger partial charge in [-0.15, -0.1) is 0 Å². The standard InChI is InChI=1S/C14H18N6O/c15-14-18-12(17-9-2-3-9)11-13(19-14)20(7-16-11)10-4-1-8(5-10)6-21/h1,4,7-10,21H,2-3,5-6H2,(H3,15,17,18,19)/i2D2,3D2. The molecule has 2 aliphatic carbocycles. The number of hydrogen-bond donors (Lipinski definition) is 3. The van der Waals surface area contributed by atoms with E-state index in [9.17, 15) is 5.11 Å². The van der Waals surface area contributed by atoms with Crippen molar-refractivity contribution in [2.45, 2.75) is 31.3 Å². The number of fused-ring (bicyclic) bond motifs is 1. The van der Waals surface area contributed by atoms with Crippen LogP contribution in [0, 0.1) is 5.92 Å². The minimum atomic E-state index is -1.98. The number of aliphatic hydroxyl groups is 1. The summed E-state index contributed by atoms with van der Waals surface area (Å²) in [6.07, 6.45) is 2.30. The van der Waals surface area contributed by atoms with Crippen LogP contribution in [0.25, 0.3) is 11.2 Å². The summed E-state index contributed by atoms with van der Waals surface area (Å²) in [5, 5.41) is 12.1.